The van der Waals surface area contributed by atoms with Gasteiger partial charge in [0.15, 0.2) is 0 Å². The van der Waals surface area contributed by atoms with Crippen molar-refractivity contribution in [3.63, 3.8) is 0 Å². The predicted octanol–water partition coefficient (Wildman–Crippen LogP) is 1.67. The van der Waals surface area contributed by atoms with Crippen molar-refractivity contribution in [2.45, 2.75) is 33.1 Å². The van der Waals surface area contributed by atoms with Gasteiger partial charge >= 0.3 is 0 Å². The Bertz CT molecular complexity index is 234. The molecule has 0 radical (unpaired) electrons. The van der Waals surface area contributed by atoms with Gasteiger partial charge in [-0.25, -0.2) is 0 Å². The van der Waals surface area contributed by atoms with Gasteiger partial charge in [0.2, 0.25) is 5.91 Å². The van der Waals surface area contributed by atoms with E-state index in [0.717, 1.165) is 38.3 Å². The fourth-order valence-electron chi connectivity index (χ4n) is 2.37. The minimum absolute atomic E-state index is 0.166. The number of rotatable bonds is 2. The molecule has 0 N–H and O–H groups in total. The number of carbonyl (C=O) groups is 1. The number of hydrogen-bond acceptors (Lipinski definition) is 2. The minimum atomic E-state index is -0.166. The largest absolute Gasteiger partial charge is 0.379 e. The van der Waals surface area contributed by atoms with Gasteiger partial charge in [-0.05, 0) is 25.2 Å². The van der Waals surface area contributed by atoms with E-state index in [2.05, 4.69) is 13.8 Å². The van der Waals surface area contributed by atoms with Gasteiger partial charge < -0.3 is 9.64 Å². The summed E-state index contributed by atoms with van der Waals surface area (Å²) in [5.74, 6) is 1.12. The maximum atomic E-state index is 12.3. The van der Waals surface area contributed by atoms with Crippen molar-refractivity contribution in [1.82, 2.24) is 4.90 Å². The van der Waals surface area contributed by atoms with Crippen LogP contribution >= 0.6 is 0 Å². The second-order valence-corrected chi connectivity index (χ2v) is 5.10. The summed E-state index contributed by atoms with van der Waals surface area (Å²) in [4.78, 5) is 14.3. The Morgan fingerprint density at radius 1 is 1.40 bits per heavy atom. The van der Waals surface area contributed by atoms with Crippen LogP contribution in [0.15, 0.2) is 0 Å². The molecule has 15 heavy (non-hydrogen) atoms. The molecule has 0 aromatic rings. The van der Waals surface area contributed by atoms with Crippen molar-refractivity contribution in [2.24, 2.45) is 11.3 Å². The monoisotopic (exact) mass is 211 g/mol. The van der Waals surface area contributed by atoms with Crippen LogP contribution in [0.1, 0.15) is 33.1 Å². The zero-order valence-corrected chi connectivity index (χ0v) is 9.79. The summed E-state index contributed by atoms with van der Waals surface area (Å²) in [6.45, 7) is 7.52. The summed E-state index contributed by atoms with van der Waals surface area (Å²) < 4.78 is 5.21. The van der Waals surface area contributed by atoms with Crippen molar-refractivity contribution in [1.29, 1.82) is 0 Å². The van der Waals surface area contributed by atoms with E-state index < -0.39 is 0 Å². The molecule has 0 unspecified atom stereocenters. The van der Waals surface area contributed by atoms with Crippen LogP contribution in [0.25, 0.3) is 0 Å². The fraction of sp³-hybridized carbons (Fsp3) is 0.917. The lowest BCUT2D eigenvalue weighted by Gasteiger charge is -2.44. The van der Waals surface area contributed by atoms with Gasteiger partial charge in [0, 0.05) is 13.1 Å². The quantitative estimate of drug-likeness (QED) is 0.695. The van der Waals surface area contributed by atoms with Crippen LogP contribution in [-0.2, 0) is 9.53 Å². The van der Waals surface area contributed by atoms with Gasteiger partial charge in [-0.1, -0.05) is 13.8 Å². The number of piperidine rings is 1. The molecular formula is C12H21NO2. The van der Waals surface area contributed by atoms with E-state index in [1.54, 1.807) is 0 Å². The topological polar surface area (TPSA) is 29.5 Å². The van der Waals surface area contributed by atoms with Crippen molar-refractivity contribution in [2.75, 3.05) is 26.3 Å². The van der Waals surface area contributed by atoms with E-state index in [-0.39, 0.29) is 5.41 Å². The molecule has 0 bridgehead atoms. The average Bonchev–Trinajstić information content (AvgIpc) is 2.18. The summed E-state index contributed by atoms with van der Waals surface area (Å²) in [6, 6.07) is 0. The van der Waals surface area contributed by atoms with E-state index >= 15 is 0 Å². The zero-order valence-electron chi connectivity index (χ0n) is 9.79. The average molecular weight is 211 g/mol. The Kier molecular flexibility index (Phi) is 3.01. The van der Waals surface area contributed by atoms with E-state index in [0.29, 0.717) is 19.1 Å². The maximum Gasteiger partial charge on any atom is 0.233 e. The summed E-state index contributed by atoms with van der Waals surface area (Å²) in [5.41, 5.74) is -0.166. The number of nitrogens with zero attached hydrogens (tertiary/aromatic N) is 1. The number of ether oxygens (including phenoxy) is 1. The molecule has 86 valence electrons. The number of likely N-dealkylation sites (tertiary alicyclic amines) is 1. The molecule has 2 fully saturated rings. The molecule has 2 aliphatic heterocycles. The van der Waals surface area contributed by atoms with Gasteiger partial charge in [0.1, 0.15) is 0 Å². The molecule has 0 atom stereocenters. The SMILES string of the molecule is CCC1(C(=O)N2CCC(C)CC2)COC1. The van der Waals surface area contributed by atoms with Gasteiger partial charge in [0.25, 0.3) is 0 Å². The Balaban J connectivity index is 1.95. The molecule has 2 aliphatic rings. The van der Waals surface area contributed by atoms with Crippen LogP contribution in [0.4, 0.5) is 0 Å². The van der Waals surface area contributed by atoms with Crippen molar-refractivity contribution >= 4 is 5.91 Å². The molecule has 0 saturated carbocycles. The molecule has 3 heteroatoms. The fourth-order valence-corrected chi connectivity index (χ4v) is 2.37. The number of hydrogen-bond donors (Lipinski definition) is 0. The van der Waals surface area contributed by atoms with Crippen LogP contribution in [0.3, 0.4) is 0 Å². The molecule has 0 aromatic carbocycles. The van der Waals surface area contributed by atoms with Crippen molar-refractivity contribution < 1.29 is 9.53 Å². The third-order valence-corrected chi connectivity index (χ3v) is 3.96. The highest BCUT2D eigenvalue weighted by Gasteiger charge is 2.46. The first-order chi connectivity index (χ1) is 7.18. The van der Waals surface area contributed by atoms with Crippen LogP contribution in [0, 0.1) is 11.3 Å². The van der Waals surface area contributed by atoms with Gasteiger partial charge in [-0.15, -0.1) is 0 Å². The van der Waals surface area contributed by atoms with Crippen LogP contribution in [0.2, 0.25) is 0 Å². The molecule has 0 spiro atoms. The lowest BCUT2D eigenvalue weighted by atomic mass is 9.81. The highest BCUT2D eigenvalue weighted by molar-refractivity contribution is 5.83. The summed E-state index contributed by atoms with van der Waals surface area (Å²) in [6.07, 6.45) is 3.23. The normalized spacial score (nSPS) is 26.1. The Hall–Kier alpha value is -0.570. The van der Waals surface area contributed by atoms with E-state index in [1.807, 2.05) is 4.90 Å². The molecular weight excluding hydrogens is 190 g/mol. The molecule has 1 amide bonds. The Labute approximate surface area is 91.8 Å². The van der Waals surface area contributed by atoms with Crippen LogP contribution < -0.4 is 0 Å². The van der Waals surface area contributed by atoms with Gasteiger partial charge in [-0.2, -0.15) is 0 Å². The molecule has 2 rings (SSSR count). The Morgan fingerprint density at radius 3 is 2.40 bits per heavy atom. The number of amides is 1. The lowest BCUT2D eigenvalue weighted by molar-refractivity contribution is -0.174. The van der Waals surface area contributed by atoms with Crippen LogP contribution in [-0.4, -0.2) is 37.1 Å². The van der Waals surface area contributed by atoms with Gasteiger partial charge in [-0.3, -0.25) is 4.79 Å². The molecule has 2 saturated heterocycles. The van der Waals surface area contributed by atoms with E-state index in [9.17, 15) is 4.79 Å². The van der Waals surface area contributed by atoms with E-state index in [4.69, 9.17) is 4.74 Å². The lowest BCUT2D eigenvalue weighted by Crippen LogP contribution is -2.56. The summed E-state index contributed by atoms with van der Waals surface area (Å²) in [7, 11) is 0. The smallest absolute Gasteiger partial charge is 0.233 e. The van der Waals surface area contributed by atoms with E-state index in [1.165, 1.54) is 0 Å². The first-order valence-electron chi connectivity index (χ1n) is 6.05. The molecule has 0 aromatic heterocycles. The highest BCUT2D eigenvalue weighted by atomic mass is 16.5. The second kappa shape index (κ2) is 4.12. The summed E-state index contributed by atoms with van der Waals surface area (Å²) in [5, 5.41) is 0. The van der Waals surface area contributed by atoms with Crippen LogP contribution in [0.5, 0.6) is 0 Å². The molecule has 3 nitrogen and oxygen atoms in total. The highest BCUT2D eigenvalue weighted by Crippen LogP contribution is 2.34. The minimum Gasteiger partial charge on any atom is -0.379 e. The third kappa shape index (κ3) is 1.89. The first-order valence-corrected chi connectivity index (χ1v) is 6.05. The second-order valence-electron chi connectivity index (χ2n) is 5.10. The standard InChI is InChI=1S/C12H21NO2/c1-3-12(8-15-9-12)11(14)13-6-4-10(2)5-7-13/h10H,3-9H2,1-2H3. The molecule has 0 aliphatic carbocycles. The summed E-state index contributed by atoms with van der Waals surface area (Å²) >= 11 is 0. The molecule has 2 heterocycles. The zero-order chi connectivity index (χ0) is 10.9. The maximum absolute atomic E-state index is 12.3. The predicted molar refractivity (Wildman–Crippen MR) is 58.5 cm³/mol. The third-order valence-electron chi connectivity index (χ3n) is 3.96. The van der Waals surface area contributed by atoms with Crippen molar-refractivity contribution in [3.05, 3.63) is 0 Å². The number of carbonyl (C=O) groups excluding carboxylic acids is 1. The first kappa shape index (κ1) is 10.9. The van der Waals surface area contributed by atoms with Crippen molar-refractivity contribution in [3.8, 4) is 0 Å². The van der Waals surface area contributed by atoms with Gasteiger partial charge in [0.05, 0.1) is 18.6 Å². The Morgan fingerprint density at radius 2 is 2.00 bits per heavy atom.